The number of hydrogen-bond acceptors (Lipinski definition) is 4. The highest BCUT2D eigenvalue weighted by Gasteiger charge is 2.23. The van der Waals surface area contributed by atoms with Crippen LogP contribution in [0.2, 0.25) is 0 Å². The van der Waals surface area contributed by atoms with Crippen molar-refractivity contribution in [3.05, 3.63) is 70.4 Å². The molecule has 1 unspecified atom stereocenters. The summed E-state index contributed by atoms with van der Waals surface area (Å²) in [5, 5.41) is 8.49. The smallest absolute Gasteiger partial charge is 0.274 e. The number of carbonyl (C=O) groups is 1. The third kappa shape index (κ3) is 3.70. The van der Waals surface area contributed by atoms with Crippen LogP contribution in [0.4, 0.5) is 0 Å². The van der Waals surface area contributed by atoms with Crippen LogP contribution in [0.15, 0.2) is 53.3 Å². The highest BCUT2D eigenvalue weighted by Crippen LogP contribution is 2.23. The summed E-state index contributed by atoms with van der Waals surface area (Å²) in [6.45, 7) is 6.43. The number of nitrogens with zero attached hydrogens (tertiary/aromatic N) is 3. The first-order chi connectivity index (χ1) is 14.5. The van der Waals surface area contributed by atoms with E-state index in [4.69, 9.17) is 0 Å². The van der Waals surface area contributed by atoms with Crippen molar-refractivity contribution in [3.8, 4) is 0 Å². The molecule has 0 fully saturated rings. The van der Waals surface area contributed by atoms with Crippen molar-refractivity contribution in [3.63, 3.8) is 0 Å². The van der Waals surface area contributed by atoms with E-state index in [9.17, 15) is 9.59 Å². The number of nitrogens with one attached hydrogen (secondary N) is 2. The molecule has 7 nitrogen and oxygen atoms in total. The fourth-order valence-electron chi connectivity index (χ4n) is 3.69. The highest BCUT2D eigenvalue weighted by molar-refractivity contribution is 6.04. The Morgan fingerprint density at radius 2 is 1.80 bits per heavy atom. The number of aromatic amines is 1. The van der Waals surface area contributed by atoms with Gasteiger partial charge in [-0.2, -0.15) is 5.10 Å². The standard InChI is InChI=1S/C23H25N5O2/c1-4-28-23(30)16-10-6-5-9-15(16)20(27-28)22(29)26-19(13-14(2)3)21-24-17-11-7-8-12-18(17)25-21/h5-12,14,19H,4,13H2,1-3H3,(H,24,25)(H,26,29). The molecule has 0 saturated carbocycles. The molecule has 2 heterocycles. The van der Waals surface area contributed by atoms with Crippen LogP contribution in [-0.4, -0.2) is 25.7 Å². The lowest BCUT2D eigenvalue weighted by molar-refractivity contribution is 0.0924. The maximum Gasteiger partial charge on any atom is 0.274 e. The molecule has 0 aliphatic heterocycles. The van der Waals surface area contributed by atoms with Crippen molar-refractivity contribution >= 4 is 27.7 Å². The molecule has 2 N–H and O–H groups in total. The average molecular weight is 403 g/mol. The molecule has 2 aromatic heterocycles. The largest absolute Gasteiger partial charge is 0.341 e. The molecule has 4 aromatic rings. The first-order valence-electron chi connectivity index (χ1n) is 10.2. The van der Waals surface area contributed by atoms with Gasteiger partial charge in [0.25, 0.3) is 11.5 Å². The van der Waals surface area contributed by atoms with Gasteiger partial charge in [0.05, 0.1) is 22.5 Å². The molecule has 30 heavy (non-hydrogen) atoms. The molecule has 1 amide bonds. The minimum Gasteiger partial charge on any atom is -0.341 e. The minimum atomic E-state index is -0.320. The molecule has 0 aliphatic carbocycles. The molecule has 4 rings (SSSR count). The summed E-state index contributed by atoms with van der Waals surface area (Å²) in [7, 11) is 0. The van der Waals surface area contributed by atoms with Crippen molar-refractivity contribution < 1.29 is 4.79 Å². The van der Waals surface area contributed by atoms with Gasteiger partial charge in [-0.25, -0.2) is 9.67 Å². The summed E-state index contributed by atoms with van der Waals surface area (Å²) in [5.74, 6) is 0.740. The fourth-order valence-corrected chi connectivity index (χ4v) is 3.69. The van der Waals surface area contributed by atoms with Crippen molar-refractivity contribution in [1.82, 2.24) is 25.1 Å². The fraction of sp³-hybridized carbons (Fsp3) is 0.304. The number of rotatable bonds is 6. The summed E-state index contributed by atoms with van der Waals surface area (Å²) in [6.07, 6.45) is 0.719. The first-order valence-corrected chi connectivity index (χ1v) is 10.2. The van der Waals surface area contributed by atoms with Crippen LogP contribution in [0, 0.1) is 5.92 Å². The van der Waals surface area contributed by atoms with Gasteiger partial charge in [0, 0.05) is 11.9 Å². The Hall–Kier alpha value is -3.48. The van der Waals surface area contributed by atoms with Gasteiger partial charge in [0.2, 0.25) is 0 Å². The topological polar surface area (TPSA) is 92.7 Å². The Kier molecular flexibility index (Phi) is 5.35. The zero-order chi connectivity index (χ0) is 21.3. The Labute approximate surface area is 174 Å². The summed E-state index contributed by atoms with van der Waals surface area (Å²) in [4.78, 5) is 33.9. The van der Waals surface area contributed by atoms with Crippen LogP contribution in [-0.2, 0) is 6.54 Å². The van der Waals surface area contributed by atoms with Gasteiger partial charge < -0.3 is 10.3 Å². The van der Waals surface area contributed by atoms with Crippen LogP contribution in [0.3, 0.4) is 0 Å². The van der Waals surface area contributed by atoms with E-state index in [0.717, 1.165) is 17.5 Å². The van der Waals surface area contributed by atoms with Crippen LogP contribution >= 0.6 is 0 Å². The molecule has 154 valence electrons. The Bertz CT molecular complexity index is 1240. The SMILES string of the molecule is CCn1nc(C(=O)NC(CC(C)C)c2nc3ccccc3[nH]2)c2ccccc2c1=O. The van der Waals surface area contributed by atoms with E-state index in [0.29, 0.717) is 29.1 Å². The summed E-state index contributed by atoms with van der Waals surface area (Å²) in [6, 6.07) is 14.6. The number of fused-ring (bicyclic) bond motifs is 2. The van der Waals surface area contributed by atoms with Gasteiger partial charge in [-0.3, -0.25) is 9.59 Å². The lowest BCUT2D eigenvalue weighted by atomic mass is 10.0. The zero-order valence-corrected chi connectivity index (χ0v) is 17.3. The highest BCUT2D eigenvalue weighted by atomic mass is 16.2. The molecule has 2 aromatic carbocycles. The minimum absolute atomic E-state index is 0.194. The summed E-state index contributed by atoms with van der Waals surface area (Å²) < 4.78 is 1.33. The predicted octanol–water partition coefficient (Wildman–Crippen LogP) is 3.81. The van der Waals surface area contributed by atoms with Crippen LogP contribution in [0.5, 0.6) is 0 Å². The van der Waals surface area contributed by atoms with Gasteiger partial charge in [0.1, 0.15) is 5.82 Å². The molecule has 0 radical (unpaired) electrons. The van der Waals surface area contributed by atoms with E-state index < -0.39 is 0 Å². The average Bonchev–Trinajstić information content (AvgIpc) is 3.17. The van der Waals surface area contributed by atoms with E-state index in [1.807, 2.05) is 31.2 Å². The number of amides is 1. The van der Waals surface area contributed by atoms with Crippen molar-refractivity contribution in [2.75, 3.05) is 0 Å². The van der Waals surface area contributed by atoms with Crippen molar-refractivity contribution in [1.29, 1.82) is 0 Å². The van der Waals surface area contributed by atoms with Gasteiger partial charge in [-0.1, -0.05) is 44.2 Å². The van der Waals surface area contributed by atoms with E-state index in [1.165, 1.54) is 4.68 Å². The third-order valence-electron chi connectivity index (χ3n) is 5.13. The quantitative estimate of drug-likeness (QED) is 0.512. The number of hydrogen-bond donors (Lipinski definition) is 2. The molecule has 7 heteroatoms. The number of benzene rings is 2. The number of para-hydroxylation sites is 2. The normalized spacial score (nSPS) is 12.5. The second-order valence-corrected chi connectivity index (χ2v) is 7.81. The Morgan fingerprint density at radius 1 is 1.10 bits per heavy atom. The zero-order valence-electron chi connectivity index (χ0n) is 17.3. The van der Waals surface area contributed by atoms with Crippen LogP contribution in [0.1, 0.15) is 49.5 Å². The van der Waals surface area contributed by atoms with E-state index >= 15 is 0 Å². The van der Waals surface area contributed by atoms with Crippen LogP contribution in [0.25, 0.3) is 21.8 Å². The molecule has 1 atom stereocenters. The van der Waals surface area contributed by atoms with E-state index in [2.05, 4.69) is 34.2 Å². The van der Waals surface area contributed by atoms with Gasteiger partial charge in [-0.15, -0.1) is 0 Å². The maximum atomic E-state index is 13.3. The lowest BCUT2D eigenvalue weighted by Crippen LogP contribution is -2.33. The monoisotopic (exact) mass is 403 g/mol. The molecule has 0 spiro atoms. The maximum absolute atomic E-state index is 13.3. The molecule has 0 saturated heterocycles. The summed E-state index contributed by atoms with van der Waals surface area (Å²) in [5.41, 5.74) is 1.84. The second kappa shape index (κ2) is 8.10. The van der Waals surface area contributed by atoms with Gasteiger partial charge in [0.15, 0.2) is 5.69 Å². The van der Waals surface area contributed by atoms with Gasteiger partial charge >= 0.3 is 0 Å². The molecule has 0 aliphatic rings. The third-order valence-corrected chi connectivity index (χ3v) is 5.13. The second-order valence-electron chi connectivity index (χ2n) is 7.81. The van der Waals surface area contributed by atoms with E-state index in [1.54, 1.807) is 24.3 Å². The van der Waals surface area contributed by atoms with E-state index in [-0.39, 0.29) is 23.2 Å². The predicted molar refractivity (Wildman–Crippen MR) is 117 cm³/mol. The van der Waals surface area contributed by atoms with Gasteiger partial charge in [-0.05, 0) is 37.5 Å². The van der Waals surface area contributed by atoms with Crippen molar-refractivity contribution in [2.45, 2.75) is 39.8 Å². The number of aromatic nitrogens is 4. The Balaban J connectivity index is 1.74. The molecular formula is C23H25N5O2. The number of H-pyrrole nitrogens is 1. The number of imidazole rings is 1. The summed E-state index contributed by atoms with van der Waals surface area (Å²) >= 11 is 0. The molecule has 0 bridgehead atoms. The lowest BCUT2D eigenvalue weighted by Gasteiger charge is -2.19. The number of aryl methyl sites for hydroxylation is 1. The molecular weight excluding hydrogens is 378 g/mol. The Morgan fingerprint density at radius 3 is 2.50 bits per heavy atom. The van der Waals surface area contributed by atoms with Crippen LogP contribution < -0.4 is 10.9 Å². The first kappa shape index (κ1) is 19.8. The van der Waals surface area contributed by atoms with Crippen molar-refractivity contribution in [2.24, 2.45) is 5.92 Å². The number of carbonyl (C=O) groups excluding carboxylic acids is 1.